The fourth-order valence-electron chi connectivity index (χ4n) is 4.17. The number of piperazine rings is 1. The molecule has 0 N–H and O–H groups in total. The maximum Gasteiger partial charge on any atom is 0.410 e. The van der Waals surface area contributed by atoms with Crippen LogP contribution in [-0.2, 0) is 9.53 Å². The standard InChI is InChI=1S/C21H36N2O3/c1-16-8-7-11-21(5,6)17(16)9-10-18(24)22-12-14-23(15-13-22)19(25)26-20(2,3)4/h9-10,16-17H,7-8,11-15H2,1-6H3/b10-9+/t16-,17+/m1/s1. The van der Waals surface area contributed by atoms with Crippen molar-refractivity contribution >= 4 is 12.0 Å². The Kier molecular flexibility index (Phi) is 6.41. The van der Waals surface area contributed by atoms with Gasteiger partial charge in [-0.15, -0.1) is 0 Å². The highest BCUT2D eigenvalue weighted by Gasteiger charge is 2.35. The summed E-state index contributed by atoms with van der Waals surface area (Å²) in [6.07, 6.45) is 7.33. The van der Waals surface area contributed by atoms with Gasteiger partial charge in [-0.25, -0.2) is 4.79 Å². The minimum atomic E-state index is -0.490. The second kappa shape index (κ2) is 8.01. The van der Waals surface area contributed by atoms with E-state index in [1.165, 1.54) is 19.3 Å². The molecule has 0 radical (unpaired) electrons. The molecule has 0 aromatic carbocycles. The molecule has 2 aliphatic rings. The first kappa shape index (κ1) is 20.8. The summed E-state index contributed by atoms with van der Waals surface area (Å²) in [6.45, 7) is 14.7. The van der Waals surface area contributed by atoms with Crippen LogP contribution in [0.15, 0.2) is 12.2 Å². The molecule has 0 aromatic heterocycles. The molecule has 0 bridgehead atoms. The summed E-state index contributed by atoms with van der Waals surface area (Å²) < 4.78 is 5.40. The Morgan fingerprint density at radius 2 is 1.65 bits per heavy atom. The van der Waals surface area contributed by atoms with E-state index in [1.807, 2.05) is 25.7 Å². The van der Waals surface area contributed by atoms with E-state index in [1.54, 1.807) is 11.0 Å². The topological polar surface area (TPSA) is 49.9 Å². The first-order valence-electron chi connectivity index (χ1n) is 9.95. The number of nitrogens with zero attached hydrogens (tertiary/aromatic N) is 2. The van der Waals surface area contributed by atoms with Crippen molar-refractivity contribution in [3.63, 3.8) is 0 Å². The zero-order chi connectivity index (χ0) is 19.5. The molecule has 26 heavy (non-hydrogen) atoms. The second-order valence-electron chi connectivity index (χ2n) is 9.54. The number of hydrogen-bond donors (Lipinski definition) is 0. The van der Waals surface area contributed by atoms with E-state index >= 15 is 0 Å². The number of hydrogen-bond acceptors (Lipinski definition) is 3. The molecule has 1 aliphatic carbocycles. The molecule has 2 fully saturated rings. The fourth-order valence-corrected chi connectivity index (χ4v) is 4.17. The molecule has 1 saturated heterocycles. The summed E-state index contributed by atoms with van der Waals surface area (Å²) in [4.78, 5) is 28.2. The molecule has 2 rings (SSSR count). The van der Waals surface area contributed by atoms with E-state index in [0.717, 1.165) is 0 Å². The van der Waals surface area contributed by atoms with Crippen LogP contribution in [-0.4, -0.2) is 53.6 Å². The molecule has 1 saturated carbocycles. The van der Waals surface area contributed by atoms with E-state index in [0.29, 0.717) is 38.0 Å². The summed E-state index contributed by atoms with van der Waals surface area (Å²) in [6, 6.07) is 0. The van der Waals surface area contributed by atoms with Crippen molar-refractivity contribution in [1.29, 1.82) is 0 Å². The van der Waals surface area contributed by atoms with Gasteiger partial charge in [-0.3, -0.25) is 4.79 Å². The summed E-state index contributed by atoms with van der Waals surface area (Å²) in [5.41, 5.74) is -0.236. The fraction of sp³-hybridized carbons (Fsp3) is 0.810. The van der Waals surface area contributed by atoms with Crippen LogP contribution >= 0.6 is 0 Å². The summed E-state index contributed by atoms with van der Waals surface area (Å²) in [5, 5.41) is 0. The van der Waals surface area contributed by atoms with Crippen molar-refractivity contribution in [1.82, 2.24) is 9.80 Å². The van der Waals surface area contributed by atoms with Crippen LogP contribution in [0.3, 0.4) is 0 Å². The average Bonchev–Trinajstić information content (AvgIpc) is 2.52. The van der Waals surface area contributed by atoms with Crippen LogP contribution in [0.1, 0.15) is 60.8 Å². The van der Waals surface area contributed by atoms with Gasteiger partial charge in [0.25, 0.3) is 0 Å². The normalized spacial score (nSPS) is 26.8. The number of amides is 2. The molecule has 5 nitrogen and oxygen atoms in total. The molecule has 2 atom stereocenters. The number of carbonyl (C=O) groups excluding carboxylic acids is 2. The highest BCUT2D eigenvalue weighted by Crippen LogP contribution is 2.44. The lowest BCUT2D eigenvalue weighted by Gasteiger charge is -2.41. The zero-order valence-corrected chi connectivity index (χ0v) is 17.4. The minimum absolute atomic E-state index is 0.0578. The maximum atomic E-state index is 12.6. The molecule has 148 valence electrons. The Morgan fingerprint density at radius 1 is 1.08 bits per heavy atom. The number of allylic oxidation sites excluding steroid dienone is 1. The van der Waals surface area contributed by atoms with Crippen molar-refractivity contribution in [3.05, 3.63) is 12.2 Å². The monoisotopic (exact) mass is 364 g/mol. The number of ether oxygens (including phenoxy) is 1. The molecule has 1 aliphatic heterocycles. The van der Waals surface area contributed by atoms with Gasteiger partial charge in [-0.05, 0) is 50.5 Å². The molecule has 0 aromatic rings. The van der Waals surface area contributed by atoms with Crippen LogP contribution in [0.2, 0.25) is 0 Å². The van der Waals surface area contributed by atoms with E-state index in [9.17, 15) is 9.59 Å². The maximum absolute atomic E-state index is 12.6. The van der Waals surface area contributed by atoms with Gasteiger partial charge in [-0.1, -0.05) is 39.7 Å². The second-order valence-corrected chi connectivity index (χ2v) is 9.54. The molecular weight excluding hydrogens is 328 g/mol. The molecule has 1 heterocycles. The van der Waals surface area contributed by atoms with E-state index in [4.69, 9.17) is 4.74 Å². The lowest BCUT2D eigenvalue weighted by atomic mass is 9.64. The first-order valence-corrected chi connectivity index (χ1v) is 9.95. The minimum Gasteiger partial charge on any atom is -0.444 e. The van der Waals surface area contributed by atoms with Gasteiger partial charge >= 0.3 is 6.09 Å². The SMILES string of the molecule is C[C@@H]1CCCC(C)(C)[C@H]1/C=C/C(=O)N1CCN(C(=O)OC(C)(C)C)CC1. The third-order valence-corrected chi connectivity index (χ3v) is 5.69. The Hall–Kier alpha value is -1.52. The van der Waals surface area contributed by atoms with E-state index < -0.39 is 5.60 Å². The predicted molar refractivity (Wildman–Crippen MR) is 104 cm³/mol. The van der Waals surface area contributed by atoms with Crippen molar-refractivity contribution in [3.8, 4) is 0 Å². The van der Waals surface area contributed by atoms with Gasteiger partial charge in [0, 0.05) is 26.2 Å². The Balaban J connectivity index is 1.87. The van der Waals surface area contributed by atoms with Gasteiger partial charge < -0.3 is 14.5 Å². The smallest absolute Gasteiger partial charge is 0.410 e. The van der Waals surface area contributed by atoms with Crippen molar-refractivity contribution < 1.29 is 14.3 Å². The number of rotatable bonds is 2. The first-order chi connectivity index (χ1) is 12.0. The Bertz CT molecular complexity index is 540. The van der Waals surface area contributed by atoms with E-state index in [-0.39, 0.29) is 17.4 Å². The van der Waals surface area contributed by atoms with Gasteiger partial charge in [0.05, 0.1) is 0 Å². The highest BCUT2D eigenvalue weighted by atomic mass is 16.6. The van der Waals surface area contributed by atoms with Gasteiger partial charge in [-0.2, -0.15) is 0 Å². The van der Waals surface area contributed by atoms with Crippen molar-refractivity contribution in [2.24, 2.45) is 17.3 Å². The highest BCUT2D eigenvalue weighted by molar-refractivity contribution is 5.87. The van der Waals surface area contributed by atoms with Crippen LogP contribution in [0.25, 0.3) is 0 Å². The lowest BCUT2D eigenvalue weighted by Crippen LogP contribution is -2.51. The molecule has 0 unspecified atom stereocenters. The van der Waals surface area contributed by atoms with Gasteiger partial charge in [0.2, 0.25) is 5.91 Å². The van der Waals surface area contributed by atoms with Crippen LogP contribution < -0.4 is 0 Å². The third kappa shape index (κ3) is 5.49. The van der Waals surface area contributed by atoms with Crippen LogP contribution in [0.4, 0.5) is 4.79 Å². The zero-order valence-electron chi connectivity index (χ0n) is 17.4. The summed E-state index contributed by atoms with van der Waals surface area (Å²) in [7, 11) is 0. The van der Waals surface area contributed by atoms with Crippen molar-refractivity contribution in [2.75, 3.05) is 26.2 Å². The van der Waals surface area contributed by atoms with Crippen LogP contribution in [0, 0.1) is 17.3 Å². The lowest BCUT2D eigenvalue weighted by molar-refractivity contribution is -0.127. The Morgan fingerprint density at radius 3 is 2.19 bits per heavy atom. The van der Waals surface area contributed by atoms with Crippen molar-refractivity contribution in [2.45, 2.75) is 66.4 Å². The summed E-state index contributed by atoms with van der Waals surface area (Å²) >= 11 is 0. The van der Waals surface area contributed by atoms with E-state index in [2.05, 4.69) is 26.8 Å². The number of carbonyl (C=O) groups is 2. The van der Waals surface area contributed by atoms with Gasteiger partial charge in [0.15, 0.2) is 0 Å². The average molecular weight is 365 g/mol. The summed E-state index contributed by atoms with van der Waals surface area (Å²) in [5.74, 6) is 1.12. The molecule has 2 amide bonds. The van der Waals surface area contributed by atoms with Crippen LogP contribution in [0.5, 0.6) is 0 Å². The van der Waals surface area contributed by atoms with Gasteiger partial charge in [0.1, 0.15) is 5.60 Å². The molecule has 5 heteroatoms. The largest absolute Gasteiger partial charge is 0.444 e. The quantitative estimate of drug-likeness (QED) is 0.694. The predicted octanol–water partition coefficient (Wildman–Crippen LogP) is 4.08. The Labute approximate surface area is 158 Å². The molecule has 0 spiro atoms. The molecular formula is C21H36N2O3. The third-order valence-electron chi connectivity index (χ3n) is 5.69.